The van der Waals surface area contributed by atoms with Crippen molar-refractivity contribution in [2.45, 2.75) is 52.4 Å². The van der Waals surface area contributed by atoms with E-state index in [1.165, 1.54) is 26.0 Å². The van der Waals surface area contributed by atoms with Crippen LogP contribution in [0, 0.1) is 24.6 Å². The van der Waals surface area contributed by atoms with Crippen LogP contribution in [-0.4, -0.2) is 13.0 Å². The summed E-state index contributed by atoms with van der Waals surface area (Å²) in [6, 6.07) is 3.08. The van der Waals surface area contributed by atoms with E-state index in [1.807, 2.05) is 0 Å². The third kappa shape index (κ3) is 3.99. The topological polar surface area (TPSA) is 38.3 Å². The molecule has 0 spiro atoms. The summed E-state index contributed by atoms with van der Waals surface area (Å²) in [4.78, 5) is 12.3. The molecular formula is C18H26FNO2. The third-order valence-corrected chi connectivity index (χ3v) is 4.62. The molecule has 1 amide bonds. The van der Waals surface area contributed by atoms with Gasteiger partial charge in [-0.1, -0.05) is 19.8 Å². The van der Waals surface area contributed by atoms with Crippen LogP contribution in [0.4, 0.5) is 10.1 Å². The van der Waals surface area contributed by atoms with E-state index in [0.29, 0.717) is 11.3 Å². The molecule has 0 aliphatic heterocycles. The SMILES string of the molecule is CCCC1CCC(C(=O)Nc2cc(C)c(OC)c(F)c2)CC1. The van der Waals surface area contributed by atoms with E-state index >= 15 is 0 Å². The molecular weight excluding hydrogens is 281 g/mol. The van der Waals surface area contributed by atoms with Crippen molar-refractivity contribution < 1.29 is 13.9 Å². The van der Waals surface area contributed by atoms with E-state index in [-0.39, 0.29) is 17.6 Å². The molecule has 22 heavy (non-hydrogen) atoms. The lowest BCUT2D eigenvalue weighted by Crippen LogP contribution is -2.27. The second-order valence-corrected chi connectivity index (χ2v) is 6.30. The second-order valence-electron chi connectivity index (χ2n) is 6.30. The molecule has 0 saturated heterocycles. The first-order valence-electron chi connectivity index (χ1n) is 8.20. The summed E-state index contributed by atoms with van der Waals surface area (Å²) in [6.45, 7) is 3.98. The number of carbonyl (C=O) groups excluding carboxylic acids is 1. The first kappa shape index (κ1) is 16.8. The third-order valence-electron chi connectivity index (χ3n) is 4.62. The molecule has 2 rings (SSSR count). The van der Waals surface area contributed by atoms with Gasteiger partial charge in [-0.3, -0.25) is 4.79 Å². The summed E-state index contributed by atoms with van der Waals surface area (Å²) < 4.78 is 18.9. The Morgan fingerprint density at radius 2 is 2.00 bits per heavy atom. The maximum absolute atomic E-state index is 13.9. The summed E-state index contributed by atoms with van der Waals surface area (Å²) in [5.41, 5.74) is 1.20. The van der Waals surface area contributed by atoms with E-state index in [1.54, 1.807) is 13.0 Å². The summed E-state index contributed by atoms with van der Waals surface area (Å²) in [5.74, 6) is 0.634. The summed E-state index contributed by atoms with van der Waals surface area (Å²) in [6.07, 6.45) is 6.61. The Kier molecular flexibility index (Phi) is 5.81. The van der Waals surface area contributed by atoms with E-state index in [0.717, 1.165) is 31.6 Å². The number of rotatable bonds is 5. The highest BCUT2D eigenvalue weighted by Crippen LogP contribution is 2.33. The first-order valence-corrected chi connectivity index (χ1v) is 8.20. The van der Waals surface area contributed by atoms with E-state index in [9.17, 15) is 9.18 Å². The Morgan fingerprint density at radius 1 is 1.32 bits per heavy atom. The van der Waals surface area contributed by atoms with Gasteiger partial charge in [-0.25, -0.2) is 4.39 Å². The number of carbonyl (C=O) groups is 1. The van der Waals surface area contributed by atoms with Crippen molar-refractivity contribution in [3.63, 3.8) is 0 Å². The second kappa shape index (κ2) is 7.61. The summed E-state index contributed by atoms with van der Waals surface area (Å²) in [5, 5.41) is 2.86. The Hall–Kier alpha value is -1.58. The molecule has 4 heteroatoms. The quantitative estimate of drug-likeness (QED) is 0.857. The van der Waals surface area contributed by atoms with Crippen molar-refractivity contribution in [1.29, 1.82) is 0 Å². The number of amides is 1. The van der Waals surface area contributed by atoms with Crippen molar-refractivity contribution in [2.24, 2.45) is 11.8 Å². The molecule has 1 aliphatic carbocycles. The molecule has 1 saturated carbocycles. The Morgan fingerprint density at radius 3 is 2.55 bits per heavy atom. The maximum Gasteiger partial charge on any atom is 0.227 e. The number of ether oxygens (including phenoxy) is 1. The number of hydrogen-bond donors (Lipinski definition) is 1. The van der Waals surface area contributed by atoms with Crippen LogP contribution in [0.25, 0.3) is 0 Å². The fraction of sp³-hybridized carbons (Fsp3) is 0.611. The van der Waals surface area contributed by atoms with Crippen molar-refractivity contribution in [2.75, 3.05) is 12.4 Å². The summed E-state index contributed by atoms with van der Waals surface area (Å²) >= 11 is 0. The molecule has 1 fully saturated rings. The van der Waals surface area contributed by atoms with Gasteiger partial charge < -0.3 is 10.1 Å². The average molecular weight is 307 g/mol. The molecule has 0 atom stereocenters. The lowest BCUT2D eigenvalue weighted by atomic mass is 9.80. The Labute approximate surface area is 132 Å². The van der Waals surface area contributed by atoms with Crippen LogP contribution in [0.2, 0.25) is 0 Å². The number of benzene rings is 1. The molecule has 0 radical (unpaired) electrons. The zero-order valence-electron chi connectivity index (χ0n) is 13.7. The number of methoxy groups -OCH3 is 1. The minimum Gasteiger partial charge on any atom is -0.493 e. The number of aryl methyl sites for hydroxylation is 1. The highest BCUT2D eigenvalue weighted by molar-refractivity contribution is 5.92. The van der Waals surface area contributed by atoms with Crippen LogP contribution in [0.1, 0.15) is 51.0 Å². The molecule has 0 aromatic heterocycles. The Balaban J connectivity index is 1.95. The standard InChI is InChI=1S/C18H26FNO2/c1-4-5-13-6-8-14(9-7-13)18(21)20-15-10-12(2)17(22-3)16(19)11-15/h10-11,13-14H,4-9H2,1-3H3,(H,20,21). The zero-order chi connectivity index (χ0) is 16.1. The maximum atomic E-state index is 13.9. The van der Waals surface area contributed by atoms with Gasteiger partial charge in [-0.05, 0) is 50.2 Å². The molecule has 1 aliphatic rings. The van der Waals surface area contributed by atoms with Crippen LogP contribution < -0.4 is 10.1 Å². The van der Waals surface area contributed by atoms with Crippen LogP contribution >= 0.6 is 0 Å². The number of nitrogens with one attached hydrogen (secondary N) is 1. The van der Waals surface area contributed by atoms with Crippen LogP contribution in [-0.2, 0) is 4.79 Å². The van der Waals surface area contributed by atoms with E-state index in [4.69, 9.17) is 4.74 Å². The molecule has 1 N–H and O–H groups in total. The lowest BCUT2D eigenvalue weighted by Gasteiger charge is -2.27. The van der Waals surface area contributed by atoms with Crippen molar-refractivity contribution in [3.8, 4) is 5.75 Å². The van der Waals surface area contributed by atoms with Gasteiger partial charge >= 0.3 is 0 Å². The predicted octanol–water partition coefficient (Wildman–Crippen LogP) is 4.69. The molecule has 0 bridgehead atoms. The van der Waals surface area contributed by atoms with Gasteiger partial charge in [0.05, 0.1) is 7.11 Å². The van der Waals surface area contributed by atoms with Gasteiger partial charge in [0.15, 0.2) is 11.6 Å². The molecule has 0 unspecified atom stereocenters. The van der Waals surface area contributed by atoms with Gasteiger partial charge in [0, 0.05) is 17.7 Å². The average Bonchev–Trinajstić information content (AvgIpc) is 2.48. The monoisotopic (exact) mass is 307 g/mol. The van der Waals surface area contributed by atoms with Gasteiger partial charge in [-0.2, -0.15) is 0 Å². The minimum absolute atomic E-state index is 0.0129. The minimum atomic E-state index is -0.440. The van der Waals surface area contributed by atoms with Crippen LogP contribution in [0.3, 0.4) is 0 Å². The van der Waals surface area contributed by atoms with E-state index in [2.05, 4.69) is 12.2 Å². The van der Waals surface area contributed by atoms with Crippen molar-refractivity contribution in [1.82, 2.24) is 0 Å². The largest absolute Gasteiger partial charge is 0.493 e. The Bertz CT molecular complexity index is 499. The lowest BCUT2D eigenvalue weighted by molar-refractivity contribution is -0.121. The van der Waals surface area contributed by atoms with Gasteiger partial charge in [-0.15, -0.1) is 0 Å². The number of anilines is 1. The first-order chi connectivity index (χ1) is 10.5. The summed E-state index contributed by atoms with van der Waals surface area (Å²) in [7, 11) is 1.44. The van der Waals surface area contributed by atoms with Gasteiger partial charge in [0.2, 0.25) is 5.91 Å². The predicted molar refractivity (Wildman–Crippen MR) is 86.7 cm³/mol. The van der Waals surface area contributed by atoms with Crippen molar-refractivity contribution in [3.05, 3.63) is 23.5 Å². The molecule has 122 valence electrons. The zero-order valence-corrected chi connectivity index (χ0v) is 13.7. The van der Waals surface area contributed by atoms with Crippen LogP contribution in [0.5, 0.6) is 5.75 Å². The smallest absolute Gasteiger partial charge is 0.227 e. The molecule has 3 nitrogen and oxygen atoms in total. The van der Waals surface area contributed by atoms with Crippen molar-refractivity contribution >= 4 is 11.6 Å². The highest BCUT2D eigenvalue weighted by Gasteiger charge is 2.26. The van der Waals surface area contributed by atoms with Gasteiger partial charge in [0.25, 0.3) is 0 Å². The van der Waals surface area contributed by atoms with Gasteiger partial charge in [0.1, 0.15) is 0 Å². The number of halogens is 1. The normalized spacial score (nSPS) is 21.5. The fourth-order valence-electron chi connectivity index (χ4n) is 3.43. The molecule has 1 aromatic rings. The molecule has 1 aromatic carbocycles. The molecule has 0 heterocycles. The number of hydrogen-bond acceptors (Lipinski definition) is 2. The fourth-order valence-corrected chi connectivity index (χ4v) is 3.43. The van der Waals surface area contributed by atoms with Crippen LogP contribution in [0.15, 0.2) is 12.1 Å². The highest BCUT2D eigenvalue weighted by atomic mass is 19.1. The van der Waals surface area contributed by atoms with E-state index < -0.39 is 5.82 Å².